The van der Waals surface area contributed by atoms with Gasteiger partial charge in [-0.25, -0.2) is 9.97 Å². The second kappa shape index (κ2) is 11.8. The molecule has 9 aromatic rings. The smallest absolute Gasteiger partial charge is 0.160 e. The summed E-state index contributed by atoms with van der Waals surface area (Å²) in [7, 11) is 0. The zero-order chi connectivity index (χ0) is 32.7. The number of furan rings is 1. The third-order valence-corrected chi connectivity index (χ3v) is 9.12. The molecule has 2 heterocycles. The second-order valence-corrected chi connectivity index (χ2v) is 12.1. The van der Waals surface area contributed by atoms with Crippen LogP contribution < -0.4 is 0 Å². The number of aromatic nitrogens is 2. The van der Waals surface area contributed by atoms with Gasteiger partial charge in [-0.3, -0.25) is 0 Å². The molecule has 0 amide bonds. The highest BCUT2D eigenvalue weighted by Crippen LogP contribution is 2.43. The molecule has 4 nitrogen and oxygen atoms in total. The van der Waals surface area contributed by atoms with E-state index >= 15 is 0 Å². The summed E-state index contributed by atoms with van der Waals surface area (Å²) in [5, 5.41) is 13.7. The fourth-order valence-electron chi connectivity index (χ4n) is 6.77. The number of hydrogen-bond acceptors (Lipinski definition) is 4. The van der Waals surface area contributed by atoms with E-state index in [1.54, 1.807) is 0 Å². The third kappa shape index (κ3) is 5.02. The number of rotatable bonds is 5. The maximum absolute atomic E-state index is 9.40. The molecule has 0 saturated carbocycles. The van der Waals surface area contributed by atoms with Crippen LogP contribution in [0, 0.1) is 11.3 Å². The van der Waals surface area contributed by atoms with E-state index in [2.05, 4.69) is 91.0 Å². The quantitative estimate of drug-likeness (QED) is 0.191. The Kier molecular flexibility index (Phi) is 6.81. The topological polar surface area (TPSA) is 62.7 Å². The van der Waals surface area contributed by atoms with E-state index in [9.17, 15) is 5.26 Å². The first-order valence-electron chi connectivity index (χ1n) is 16.2. The molecule has 0 radical (unpaired) electrons. The van der Waals surface area contributed by atoms with Gasteiger partial charge in [0.25, 0.3) is 0 Å². The van der Waals surface area contributed by atoms with Crippen molar-refractivity contribution < 1.29 is 4.42 Å². The lowest BCUT2D eigenvalue weighted by atomic mass is 9.92. The van der Waals surface area contributed by atoms with Crippen LogP contribution in [0.15, 0.2) is 168 Å². The summed E-state index contributed by atoms with van der Waals surface area (Å²) in [6.45, 7) is 0. The molecule has 0 aliphatic heterocycles. The zero-order valence-electron chi connectivity index (χ0n) is 26.3. The van der Waals surface area contributed by atoms with Crippen LogP contribution in [-0.2, 0) is 0 Å². The van der Waals surface area contributed by atoms with Crippen molar-refractivity contribution in [2.24, 2.45) is 0 Å². The Hall–Kier alpha value is -6.83. The molecule has 0 bridgehead atoms. The van der Waals surface area contributed by atoms with Crippen molar-refractivity contribution in [2.45, 2.75) is 0 Å². The van der Waals surface area contributed by atoms with Gasteiger partial charge < -0.3 is 4.42 Å². The first-order chi connectivity index (χ1) is 24.2. The SMILES string of the molecule is N#Cc1ccc(-c2cc3c(oc4cccc(-c5cccc(-c6cc(-c7ccccc7)nc(-c7ccccc7)n6)c5)c43)c3ccccc23)cc1. The Morgan fingerprint density at radius 1 is 0.449 bits per heavy atom. The predicted octanol–water partition coefficient (Wildman–Crippen LogP) is 11.7. The molecular formula is C45H27N3O. The van der Waals surface area contributed by atoms with Crippen LogP contribution in [-0.4, -0.2) is 9.97 Å². The van der Waals surface area contributed by atoms with E-state index in [0.717, 1.165) is 83.0 Å². The molecule has 0 fully saturated rings. The molecule has 0 atom stereocenters. The highest BCUT2D eigenvalue weighted by molar-refractivity contribution is 6.22. The molecule has 0 N–H and O–H groups in total. The van der Waals surface area contributed by atoms with Crippen LogP contribution in [0.3, 0.4) is 0 Å². The number of benzene rings is 7. The van der Waals surface area contributed by atoms with E-state index in [1.165, 1.54) is 0 Å². The van der Waals surface area contributed by atoms with Gasteiger partial charge in [0, 0.05) is 32.8 Å². The minimum Gasteiger partial charge on any atom is -0.455 e. The van der Waals surface area contributed by atoms with Crippen LogP contribution in [0.2, 0.25) is 0 Å². The summed E-state index contributed by atoms with van der Waals surface area (Å²) in [5.41, 5.74) is 11.4. The van der Waals surface area contributed by atoms with Gasteiger partial charge in [-0.1, -0.05) is 127 Å². The van der Waals surface area contributed by atoms with Crippen LogP contribution in [0.5, 0.6) is 0 Å². The molecule has 2 aromatic heterocycles. The van der Waals surface area contributed by atoms with Crippen molar-refractivity contribution in [1.82, 2.24) is 9.97 Å². The van der Waals surface area contributed by atoms with E-state index in [0.29, 0.717) is 11.4 Å². The standard InChI is InChI=1S/C45H27N3O/c46-28-29-21-23-30(24-22-29)38-26-39-43-35(19-10-20-42(43)49-44(39)37-18-8-7-17-36(37)38)33-15-9-16-34(25-33)41-27-40(31-11-3-1-4-12-31)47-45(48-41)32-13-5-2-6-14-32/h1-27H. The molecular weight excluding hydrogens is 599 g/mol. The first kappa shape index (κ1) is 28.4. The van der Waals surface area contributed by atoms with Crippen molar-refractivity contribution >= 4 is 32.7 Å². The minimum atomic E-state index is 0.639. The van der Waals surface area contributed by atoms with Gasteiger partial charge in [-0.15, -0.1) is 0 Å². The average molecular weight is 626 g/mol. The average Bonchev–Trinajstić information content (AvgIpc) is 3.57. The molecule has 0 saturated heterocycles. The summed E-state index contributed by atoms with van der Waals surface area (Å²) in [5.74, 6) is 0.687. The Morgan fingerprint density at radius 2 is 1.08 bits per heavy atom. The molecule has 228 valence electrons. The Balaban J connectivity index is 1.24. The summed E-state index contributed by atoms with van der Waals surface area (Å²) in [6, 6.07) is 57.9. The number of fused-ring (bicyclic) bond motifs is 5. The van der Waals surface area contributed by atoms with Crippen molar-refractivity contribution in [3.05, 3.63) is 169 Å². The van der Waals surface area contributed by atoms with Crippen LogP contribution in [0.4, 0.5) is 0 Å². The first-order valence-corrected chi connectivity index (χ1v) is 16.2. The predicted molar refractivity (Wildman–Crippen MR) is 199 cm³/mol. The molecule has 0 aliphatic rings. The van der Waals surface area contributed by atoms with Crippen molar-refractivity contribution in [3.63, 3.8) is 0 Å². The van der Waals surface area contributed by atoms with Crippen LogP contribution in [0.25, 0.3) is 88.9 Å². The summed E-state index contributed by atoms with van der Waals surface area (Å²) in [4.78, 5) is 10.1. The molecule has 7 aromatic carbocycles. The maximum Gasteiger partial charge on any atom is 0.160 e. The monoisotopic (exact) mass is 625 g/mol. The number of nitriles is 1. The van der Waals surface area contributed by atoms with Crippen LogP contribution in [0.1, 0.15) is 5.56 Å². The fraction of sp³-hybridized carbons (Fsp3) is 0. The molecule has 0 aliphatic carbocycles. The van der Waals surface area contributed by atoms with Gasteiger partial charge in [0.15, 0.2) is 5.82 Å². The lowest BCUT2D eigenvalue weighted by molar-refractivity contribution is 0.673. The second-order valence-electron chi connectivity index (χ2n) is 12.1. The summed E-state index contributed by atoms with van der Waals surface area (Å²) >= 11 is 0. The van der Waals surface area contributed by atoms with E-state index in [-0.39, 0.29) is 0 Å². The van der Waals surface area contributed by atoms with Gasteiger partial charge in [0.05, 0.1) is 23.0 Å². The Labute approximate surface area is 283 Å². The summed E-state index contributed by atoms with van der Waals surface area (Å²) < 4.78 is 6.64. The van der Waals surface area contributed by atoms with Gasteiger partial charge in [0.2, 0.25) is 0 Å². The molecule has 9 rings (SSSR count). The van der Waals surface area contributed by atoms with E-state index in [1.807, 2.05) is 78.9 Å². The lowest BCUT2D eigenvalue weighted by Gasteiger charge is -2.11. The van der Waals surface area contributed by atoms with E-state index < -0.39 is 0 Å². The Morgan fingerprint density at radius 3 is 1.84 bits per heavy atom. The van der Waals surface area contributed by atoms with Gasteiger partial charge >= 0.3 is 0 Å². The molecule has 0 spiro atoms. The van der Waals surface area contributed by atoms with Crippen molar-refractivity contribution in [1.29, 1.82) is 5.26 Å². The Bertz CT molecular complexity index is 2650. The minimum absolute atomic E-state index is 0.639. The normalized spacial score (nSPS) is 11.2. The summed E-state index contributed by atoms with van der Waals surface area (Å²) in [6.07, 6.45) is 0. The van der Waals surface area contributed by atoms with Gasteiger partial charge in [0.1, 0.15) is 11.2 Å². The van der Waals surface area contributed by atoms with Gasteiger partial charge in [-0.2, -0.15) is 5.26 Å². The molecule has 4 heteroatoms. The number of nitrogens with zero attached hydrogens (tertiary/aromatic N) is 3. The molecule has 0 unspecified atom stereocenters. The third-order valence-electron chi connectivity index (χ3n) is 9.12. The number of hydrogen-bond donors (Lipinski definition) is 0. The van der Waals surface area contributed by atoms with Crippen LogP contribution >= 0.6 is 0 Å². The highest BCUT2D eigenvalue weighted by atomic mass is 16.3. The van der Waals surface area contributed by atoms with E-state index in [4.69, 9.17) is 14.4 Å². The zero-order valence-corrected chi connectivity index (χ0v) is 26.3. The fourth-order valence-corrected chi connectivity index (χ4v) is 6.77. The largest absolute Gasteiger partial charge is 0.455 e. The highest BCUT2D eigenvalue weighted by Gasteiger charge is 2.18. The van der Waals surface area contributed by atoms with Crippen molar-refractivity contribution in [2.75, 3.05) is 0 Å². The molecule has 49 heavy (non-hydrogen) atoms. The van der Waals surface area contributed by atoms with Crippen molar-refractivity contribution in [3.8, 4) is 62.2 Å². The van der Waals surface area contributed by atoms with Gasteiger partial charge in [-0.05, 0) is 64.0 Å². The maximum atomic E-state index is 9.40. The lowest BCUT2D eigenvalue weighted by Crippen LogP contribution is -1.96.